The summed E-state index contributed by atoms with van der Waals surface area (Å²) in [4.78, 5) is 23.9. The quantitative estimate of drug-likeness (QED) is 0.592. The molecule has 0 fully saturated rings. The van der Waals surface area contributed by atoms with Crippen LogP contribution in [0.5, 0.6) is 5.88 Å². The Labute approximate surface area is 166 Å². The molecule has 1 aromatic heterocycles. The standard InChI is InChI=1S/C21H20FN3O4/c1-12-6-7-13(2)18(8-12)25-19(26)10-17(24-25)21(29)23-16(11-20(27)28)14-4-3-5-15(22)9-14/h3-10,16,26H,11H2,1-2H3,(H,23,29)(H,27,28). The summed E-state index contributed by atoms with van der Waals surface area (Å²) in [5.74, 6) is -2.60. The Hall–Kier alpha value is -3.68. The zero-order valence-corrected chi connectivity index (χ0v) is 15.9. The van der Waals surface area contributed by atoms with E-state index in [-0.39, 0.29) is 11.6 Å². The molecule has 3 aromatic rings. The lowest BCUT2D eigenvalue weighted by atomic mass is 10.0. The van der Waals surface area contributed by atoms with Gasteiger partial charge in [-0.05, 0) is 48.7 Å². The van der Waals surface area contributed by atoms with Gasteiger partial charge < -0.3 is 15.5 Å². The summed E-state index contributed by atoms with van der Waals surface area (Å²) in [5, 5.41) is 26.1. The first-order chi connectivity index (χ1) is 13.7. The van der Waals surface area contributed by atoms with Crippen LogP contribution in [0.25, 0.3) is 5.69 Å². The van der Waals surface area contributed by atoms with Gasteiger partial charge in [-0.15, -0.1) is 0 Å². The van der Waals surface area contributed by atoms with Crippen LogP contribution in [0.15, 0.2) is 48.5 Å². The van der Waals surface area contributed by atoms with E-state index >= 15 is 0 Å². The predicted octanol–water partition coefficient (Wildman–Crippen LogP) is 3.28. The first-order valence-corrected chi connectivity index (χ1v) is 8.89. The zero-order chi connectivity index (χ0) is 21.1. The number of hydrogen-bond acceptors (Lipinski definition) is 4. The van der Waals surface area contributed by atoms with Crippen molar-refractivity contribution in [2.75, 3.05) is 0 Å². The van der Waals surface area contributed by atoms with Crippen LogP contribution >= 0.6 is 0 Å². The number of hydrogen-bond donors (Lipinski definition) is 3. The van der Waals surface area contributed by atoms with Crippen LogP contribution in [0, 0.1) is 19.7 Å². The van der Waals surface area contributed by atoms with E-state index in [9.17, 15) is 19.1 Å². The van der Waals surface area contributed by atoms with Gasteiger partial charge in [0.2, 0.25) is 5.88 Å². The maximum Gasteiger partial charge on any atom is 0.305 e. The van der Waals surface area contributed by atoms with Crippen molar-refractivity contribution in [1.82, 2.24) is 15.1 Å². The van der Waals surface area contributed by atoms with Gasteiger partial charge in [-0.2, -0.15) is 5.10 Å². The van der Waals surface area contributed by atoms with Gasteiger partial charge in [-0.1, -0.05) is 24.3 Å². The van der Waals surface area contributed by atoms with Crippen molar-refractivity contribution < 1.29 is 24.2 Å². The van der Waals surface area contributed by atoms with Crippen molar-refractivity contribution in [2.24, 2.45) is 0 Å². The maximum absolute atomic E-state index is 13.5. The van der Waals surface area contributed by atoms with E-state index < -0.39 is 30.2 Å². The molecule has 2 aromatic carbocycles. The fourth-order valence-corrected chi connectivity index (χ4v) is 2.99. The number of halogens is 1. The van der Waals surface area contributed by atoms with Crippen LogP contribution in [0.2, 0.25) is 0 Å². The van der Waals surface area contributed by atoms with Crippen LogP contribution in [0.1, 0.15) is 39.6 Å². The van der Waals surface area contributed by atoms with E-state index in [1.165, 1.54) is 35.0 Å². The summed E-state index contributed by atoms with van der Waals surface area (Å²) in [7, 11) is 0. The molecule has 7 nitrogen and oxygen atoms in total. The molecule has 3 rings (SSSR count). The number of rotatable bonds is 6. The third-order valence-corrected chi connectivity index (χ3v) is 4.45. The van der Waals surface area contributed by atoms with Crippen LogP contribution in [0.4, 0.5) is 4.39 Å². The highest BCUT2D eigenvalue weighted by Gasteiger charge is 2.22. The molecule has 0 bridgehead atoms. The predicted molar refractivity (Wildman–Crippen MR) is 104 cm³/mol. The summed E-state index contributed by atoms with van der Waals surface area (Å²) in [6.07, 6.45) is -0.432. The summed E-state index contributed by atoms with van der Waals surface area (Å²) in [5.41, 5.74) is 2.66. The summed E-state index contributed by atoms with van der Waals surface area (Å²) < 4.78 is 14.8. The number of benzene rings is 2. The number of nitrogens with one attached hydrogen (secondary N) is 1. The van der Waals surface area contributed by atoms with E-state index in [1.54, 1.807) is 0 Å². The molecule has 0 spiro atoms. The molecule has 8 heteroatoms. The van der Waals surface area contributed by atoms with E-state index in [1.807, 2.05) is 32.0 Å². The number of carboxylic acid groups (broad SMARTS) is 1. The molecule has 1 unspecified atom stereocenters. The normalized spacial score (nSPS) is 11.8. The van der Waals surface area contributed by atoms with Crippen molar-refractivity contribution in [3.63, 3.8) is 0 Å². The second kappa shape index (κ2) is 8.14. The largest absolute Gasteiger partial charge is 0.493 e. The Morgan fingerprint density at radius 1 is 1.17 bits per heavy atom. The second-order valence-corrected chi connectivity index (χ2v) is 6.77. The van der Waals surface area contributed by atoms with Crippen molar-refractivity contribution in [3.05, 3.63) is 76.7 Å². The topological polar surface area (TPSA) is 104 Å². The van der Waals surface area contributed by atoms with Gasteiger partial charge in [0.25, 0.3) is 5.91 Å². The molecule has 1 atom stereocenters. The summed E-state index contributed by atoms with van der Waals surface area (Å²) >= 11 is 0. The van der Waals surface area contributed by atoms with Gasteiger partial charge in [-0.3, -0.25) is 9.59 Å². The number of amides is 1. The molecule has 0 aliphatic heterocycles. The Morgan fingerprint density at radius 3 is 2.62 bits per heavy atom. The van der Waals surface area contributed by atoms with Crippen molar-refractivity contribution in [3.8, 4) is 11.6 Å². The average Bonchev–Trinajstić information content (AvgIpc) is 3.04. The molecule has 150 valence electrons. The highest BCUT2D eigenvalue weighted by Crippen LogP contribution is 2.23. The summed E-state index contributed by atoms with van der Waals surface area (Å²) in [6, 6.07) is 11.2. The minimum Gasteiger partial charge on any atom is -0.493 e. The van der Waals surface area contributed by atoms with Crippen molar-refractivity contribution in [2.45, 2.75) is 26.3 Å². The number of aromatic nitrogens is 2. The Balaban J connectivity index is 1.89. The summed E-state index contributed by atoms with van der Waals surface area (Å²) in [6.45, 7) is 3.75. The SMILES string of the molecule is Cc1ccc(C)c(-n2nc(C(=O)NC(CC(=O)O)c3cccc(F)c3)cc2O)c1. The highest BCUT2D eigenvalue weighted by molar-refractivity contribution is 5.93. The smallest absolute Gasteiger partial charge is 0.305 e. The van der Waals surface area contributed by atoms with Gasteiger partial charge in [0, 0.05) is 6.07 Å². The molecule has 0 radical (unpaired) electrons. The number of carboxylic acids is 1. The number of aliphatic carboxylic acids is 1. The minimum atomic E-state index is -1.15. The van der Waals surface area contributed by atoms with E-state index in [0.29, 0.717) is 11.3 Å². The molecule has 0 aliphatic rings. The average molecular weight is 397 g/mol. The molecule has 0 aliphatic carbocycles. The first kappa shape index (κ1) is 20.1. The Morgan fingerprint density at radius 2 is 1.93 bits per heavy atom. The number of nitrogens with zero attached hydrogens (tertiary/aromatic N) is 2. The molecule has 1 heterocycles. The number of aromatic hydroxyl groups is 1. The fourth-order valence-electron chi connectivity index (χ4n) is 2.99. The maximum atomic E-state index is 13.5. The molecule has 0 saturated heterocycles. The number of carbonyl (C=O) groups excluding carboxylic acids is 1. The lowest BCUT2D eigenvalue weighted by Crippen LogP contribution is -2.30. The Bertz CT molecular complexity index is 1080. The van der Waals surface area contributed by atoms with Gasteiger partial charge in [0.1, 0.15) is 5.82 Å². The second-order valence-electron chi connectivity index (χ2n) is 6.77. The minimum absolute atomic E-state index is 0.0878. The van der Waals surface area contributed by atoms with Crippen LogP contribution < -0.4 is 5.32 Å². The van der Waals surface area contributed by atoms with E-state index in [0.717, 1.165) is 11.1 Å². The zero-order valence-electron chi connectivity index (χ0n) is 15.9. The molecule has 1 amide bonds. The van der Waals surface area contributed by atoms with E-state index in [2.05, 4.69) is 10.4 Å². The van der Waals surface area contributed by atoms with Gasteiger partial charge >= 0.3 is 5.97 Å². The first-order valence-electron chi connectivity index (χ1n) is 8.89. The lowest BCUT2D eigenvalue weighted by Gasteiger charge is -2.16. The number of carbonyl (C=O) groups is 2. The highest BCUT2D eigenvalue weighted by atomic mass is 19.1. The van der Waals surface area contributed by atoms with Crippen LogP contribution in [-0.2, 0) is 4.79 Å². The van der Waals surface area contributed by atoms with Crippen molar-refractivity contribution in [1.29, 1.82) is 0 Å². The molecule has 3 N–H and O–H groups in total. The van der Waals surface area contributed by atoms with Gasteiger partial charge in [-0.25, -0.2) is 9.07 Å². The molecule has 29 heavy (non-hydrogen) atoms. The van der Waals surface area contributed by atoms with Gasteiger partial charge in [0.15, 0.2) is 5.69 Å². The van der Waals surface area contributed by atoms with E-state index in [4.69, 9.17) is 5.11 Å². The van der Waals surface area contributed by atoms with Crippen LogP contribution in [-0.4, -0.2) is 31.9 Å². The van der Waals surface area contributed by atoms with Crippen LogP contribution in [0.3, 0.4) is 0 Å². The monoisotopic (exact) mass is 397 g/mol. The Kier molecular flexibility index (Phi) is 5.63. The third kappa shape index (κ3) is 4.60. The molecular weight excluding hydrogens is 377 g/mol. The van der Waals surface area contributed by atoms with Crippen molar-refractivity contribution >= 4 is 11.9 Å². The molecule has 0 saturated carbocycles. The lowest BCUT2D eigenvalue weighted by molar-refractivity contribution is -0.137. The van der Waals surface area contributed by atoms with Gasteiger partial charge in [0.05, 0.1) is 18.2 Å². The number of aryl methyl sites for hydroxylation is 2. The molecular formula is C21H20FN3O4. The third-order valence-electron chi connectivity index (χ3n) is 4.45. The fraction of sp³-hybridized carbons (Fsp3) is 0.190.